The number of hydrogen-bond acceptors (Lipinski definition) is 3. The topological polar surface area (TPSA) is 36.3 Å². The Morgan fingerprint density at radius 1 is 1.37 bits per heavy atom. The molecule has 104 valence electrons. The molecule has 0 atom stereocenters. The van der Waals surface area contributed by atoms with Crippen LogP contribution in [0.15, 0.2) is 18.2 Å². The lowest BCUT2D eigenvalue weighted by atomic mass is 10.1. The molecule has 1 aromatic rings. The molecule has 0 heterocycles. The van der Waals surface area contributed by atoms with Crippen molar-refractivity contribution in [3.8, 4) is 11.8 Å². The molecule has 0 radical (unpaired) electrons. The summed E-state index contributed by atoms with van der Waals surface area (Å²) in [5.41, 5.74) is 0.966. The van der Waals surface area contributed by atoms with Crippen LogP contribution in [0.25, 0.3) is 0 Å². The molecule has 0 fully saturated rings. The summed E-state index contributed by atoms with van der Waals surface area (Å²) in [6.45, 7) is 4.06. The van der Waals surface area contributed by atoms with Crippen molar-refractivity contribution in [1.82, 2.24) is 4.90 Å². The molecule has 0 aliphatic rings. The van der Waals surface area contributed by atoms with Crippen LogP contribution in [0.2, 0.25) is 0 Å². The van der Waals surface area contributed by atoms with Crippen LogP contribution >= 0.6 is 0 Å². The van der Waals surface area contributed by atoms with E-state index < -0.39 is 0 Å². The van der Waals surface area contributed by atoms with Crippen LogP contribution in [0.1, 0.15) is 25.3 Å². The van der Waals surface area contributed by atoms with E-state index in [9.17, 15) is 4.39 Å². The van der Waals surface area contributed by atoms with Crippen LogP contribution in [-0.2, 0) is 6.42 Å². The lowest BCUT2D eigenvalue weighted by molar-refractivity contribution is 0.320. The first kappa shape index (κ1) is 15.5. The largest absolute Gasteiger partial charge is 0.491 e. The van der Waals surface area contributed by atoms with Crippen molar-refractivity contribution in [3.05, 3.63) is 29.6 Å². The molecule has 19 heavy (non-hydrogen) atoms. The predicted molar refractivity (Wildman–Crippen MR) is 73.6 cm³/mol. The van der Waals surface area contributed by atoms with E-state index in [4.69, 9.17) is 10.00 Å². The normalized spacial score (nSPS) is 10.5. The maximum absolute atomic E-state index is 13.6. The van der Waals surface area contributed by atoms with Gasteiger partial charge in [-0.05, 0) is 51.1 Å². The van der Waals surface area contributed by atoms with Gasteiger partial charge in [-0.1, -0.05) is 6.07 Å². The van der Waals surface area contributed by atoms with Gasteiger partial charge in [-0.15, -0.1) is 0 Å². The molecule has 4 heteroatoms. The third-order valence-corrected chi connectivity index (χ3v) is 2.91. The monoisotopic (exact) mass is 264 g/mol. The first-order valence-electron chi connectivity index (χ1n) is 6.64. The number of unbranched alkanes of at least 4 members (excludes halogenated alkanes) is 1. The number of halogens is 1. The Hall–Kier alpha value is -1.60. The van der Waals surface area contributed by atoms with E-state index in [2.05, 4.69) is 11.0 Å². The second-order valence-corrected chi connectivity index (χ2v) is 4.51. The molecule has 0 saturated heterocycles. The van der Waals surface area contributed by atoms with Crippen molar-refractivity contribution in [2.24, 2.45) is 0 Å². The van der Waals surface area contributed by atoms with Crippen molar-refractivity contribution in [3.63, 3.8) is 0 Å². The zero-order valence-corrected chi connectivity index (χ0v) is 11.7. The van der Waals surface area contributed by atoms with E-state index in [1.165, 1.54) is 6.07 Å². The van der Waals surface area contributed by atoms with Gasteiger partial charge in [0.2, 0.25) is 0 Å². The Morgan fingerprint density at radius 2 is 2.16 bits per heavy atom. The molecule has 0 unspecified atom stereocenters. The molecule has 0 aromatic heterocycles. The zero-order valence-electron chi connectivity index (χ0n) is 11.7. The van der Waals surface area contributed by atoms with Gasteiger partial charge in [0.05, 0.1) is 12.7 Å². The Kier molecular flexibility index (Phi) is 6.91. The number of nitrogens with zero attached hydrogens (tertiary/aromatic N) is 2. The maximum atomic E-state index is 13.6. The first-order chi connectivity index (χ1) is 9.17. The van der Waals surface area contributed by atoms with E-state index in [1.54, 1.807) is 6.07 Å². The number of rotatable bonds is 8. The Balaban J connectivity index is 2.41. The van der Waals surface area contributed by atoms with Crippen molar-refractivity contribution >= 4 is 0 Å². The number of nitriles is 1. The van der Waals surface area contributed by atoms with Crippen LogP contribution in [-0.4, -0.2) is 31.6 Å². The fraction of sp³-hybridized carbons (Fsp3) is 0.533. The third kappa shape index (κ3) is 5.71. The van der Waals surface area contributed by atoms with Gasteiger partial charge in [-0.3, -0.25) is 0 Å². The summed E-state index contributed by atoms with van der Waals surface area (Å²) in [5, 5.41) is 8.47. The molecule has 0 bridgehead atoms. The zero-order chi connectivity index (χ0) is 14.1. The van der Waals surface area contributed by atoms with E-state index >= 15 is 0 Å². The minimum Gasteiger partial charge on any atom is -0.491 e. The number of benzene rings is 1. The van der Waals surface area contributed by atoms with Crippen molar-refractivity contribution in [1.29, 1.82) is 5.26 Å². The molecule has 0 aliphatic heterocycles. The summed E-state index contributed by atoms with van der Waals surface area (Å²) in [6, 6.07) is 7.25. The second-order valence-electron chi connectivity index (χ2n) is 4.51. The minimum atomic E-state index is -0.300. The molecule has 1 aromatic carbocycles. The van der Waals surface area contributed by atoms with Gasteiger partial charge < -0.3 is 9.64 Å². The molecule has 0 N–H and O–H groups in total. The molecule has 1 rings (SSSR count). The third-order valence-electron chi connectivity index (χ3n) is 2.91. The summed E-state index contributed by atoms with van der Waals surface area (Å²) < 4.78 is 18.8. The molecule has 0 saturated carbocycles. The van der Waals surface area contributed by atoms with Gasteiger partial charge in [-0.2, -0.15) is 5.26 Å². The molecular weight excluding hydrogens is 243 g/mol. The summed E-state index contributed by atoms with van der Waals surface area (Å²) >= 11 is 0. The Morgan fingerprint density at radius 3 is 2.79 bits per heavy atom. The highest BCUT2D eigenvalue weighted by atomic mass is 19.1. The molecule has 0 spiro atoms. The lowest BCUT2D eigenvalue weighted by Crippen LogP contribution is -2.22. The summed E-state index contributed by atoms with van der Waals surface area (Å²) in [4.78, 5) is 2.16. The van der Waals surface area contributed by atoms with Crippen LogP contribution in [0.4, 0.5) is 4.39 Å². The fourth-order valence-electron chi connectivity index (χ4n) is 1.83. The van der Waals surface area contributed by atoms with Crippen LogP contribution in [0, 0.1) is 17.1 Å². The second kappa shape index (κ2) is 8.49. The molecule has 3 nitrogen and oxygen atoms in total. The van der Waals surface area contributed by atoms with E-state index in [0.29, 0.717) is 18.8 Å². The SMILES string of the molecule is CCOc1ccc(CCN(C)CCCC#N)cc1F. The quantitative estimate of drug-likeness (QED) is 0.677. The summed E-state index contributed by atoms with van der Waals surface area (Å²) in [5.74, 6) is 0.0140. The average Bonchev–Trinajstić information content (AvgIpc) is 2.40. The van der Waals surface area contributed by atoms with Crippen molar-refractivity contribution in [2.75, 3.05) is 26.7 Å². The van der Waals surface area contributed by atoms with Crippen molar-refractivity contribution in [2.45, 2.75) is 26.2 Å². The highest BCUT2D eigenvalue weighted by Crippen LogP contribution is 2.18. The predicted octanol–water partition coefficient (Wildman–Crippen LogP) is 3.00. The standard InChI is InChI=1S/C15H21FN2O/c1-3-19-15-7-6-13(12-14(15)16)8-11-18(2)10-5-4-9-17/h6-7,12H,3-5,8,10-11H2,1-2H3. The Labute approximate surface area is 114 Å². The summed E-state index contributed by atoms with van der Waals surface area (Å²) in [6.07, 6.45) is 2.26. The van der Waals surface area contributed by atoms with Crippen LogP contribution in [0.3, 0.4) is 0 Å². The highest BCUT2D eigenvalue weighted by Gasteiger charge is 2.05. The van der Waals surface area contributed by atoms with Crippen LogP contribution in [0.5, 0.6) is 5.75 Å². The average molecular weight is 264 g/mol. The maximum Gasteiger partial charge on any atom is 0.165 e. The minimum absolute atomic E-state index is 0.300. The molecule has 0 aliphatic carbocycles. The van der Waals surface area contributed by atoms with Gasteiger partial charge in [0.25, 0.3) is 0 Å². The Bertz CT molecular complexity index is 429. The van der Waals surface area contributed by atoms with Gasteiger partial charge in [0.15, 0.2) is 11.6 Å². The van der Waals surface area contributed by atoms with Gasteiger partial charge in [0, 0.05) is 13.0 Å². The molecular formula is C15H21FN2O. The smallest absolute Gasteiger partial charge is 0.165 e. The van der Waals surface area contributed by atoms with E-state index in [0.717, 1.165) is 31.5 Å². The van der Waals surface area contributed by atoms with Gasteiger partial charge >= 0.3 is 0 Å². The van der Waals surface area contributed by atoms with E-state index in [1.807, 2.05) is 20.0 Å². The number of likely N-dealkylation sites (N-methyl/N-ethyl adjacent to an activating group) is 1. The van der Waals surface area contributed by atoms with Gasteiger partial charge in [-0.25, -0.2) is 4.39 Å². The number of ether oxygens (including phenoxy) is 1. The van der Waals surface area contributed by atoms with Gasteiger partial charge in [0.1, 0.15) is 0 Å². The highest BCUT2D eigenvalue weighted by molar-refractivity contribution is 5.29. The van der Waals surface area contributed by atoms with E-state index in [-0.39, 0.29) is 5.82 Å². The summed E-state index contributed by atoms with van der Waals surface area (Å²) in [7, 11) is 2.02. The molecule has 0 amide bonds. The number of hydrogen-bond donors (Lipinski definition) is 0. The van der Waals surface area contributed by atoms with Crippen LogP contribution < -0.4 is 4.74 Å². The first-order valence-corrected chi connectivity index (χ1v) is 6.64. The van der Waals surface area contributed by atoms with Crippen molar-refractivity contribution < 1.29 is 9.13 Å². The fourth-order valence-corrected chi connectivity index (χ4v) is 1.83. The lowest BCUT2D eigenvalue weighted by Gasteiger charge is -2.15.